The van der Waals surface area contributed by atoms with Crippen molar-refractivity contribution in [2.75, 3.05) is 20.1 Å². The smallest absolute Gasteiger partial charge is 0.105 e. The lowest BCUT2D eigenvalue weighted by Gasteiger charge is -2.16. The van der Waals surface area contributed by atoms with Crippen LogP contribution in [0.4, 0.5) is 0 Å². The molecule has 102 valence electrons. The van der Waals surface area contributed by atoms with E-state index in [1.54, 1.807) is 6.26 Å². The molecular formula is C16H22N2O. The van der Waals surface area contributed by atoms with Gasteiger partial charge < -0.3 is 14.6 Å². The quantitative estimate of drug-likeness (QED) is 0.774. The van der Waals surface area contributed by atoms with Crippen LogP contribution in [0.25, 0.3) is 0 Å². The van der Waals surface area contributed by atoms with Gasteiger partial charge in [-0.3, -0.25) is 0 Å². The Morgan fingerprint density at radius 3 is 2.63 bits per heavy atom. The van der Waals surface area contributed by atoms with Crippen molar-refractivity contribution in [1.29, 1.82) is 0 Å². The molecule has 2 rings (SSSR count). The van der Waals surface area contributed by atoms with E-state index in [9.17, 15) is 0 Å². The standard InChI is InChI=1S/C16H22N2O/c1-14-16(8-11-19-14)13-18(2)10-9-17-12-15-6-4-3-5-7-15/h3-8,11,17H,9-10,12-13H2,1-2H3. The molecule has 1 aromatic carbocycles. The number of rotatable bonds is 7. The summed E-state index contributed by atoms with van der Waals surface area (Å²) in [4.78, 5) is 2.30. The highest BCUT2D eigenvalue weighted by Gasteiger charge is 2.04. The van der Waals surface area contributed by atoms with Crippen molar-refractivity contribution in [2.24, 2.45) is 0 Å². The Hall–Kier alpha value is -1.58. The molecule has 1 heterocycles. The molecule has 0 spiro atoms. The van der Waals surface area contributed by atoms with E-state index in [0.717, 1.165) is 31.9 Å². The highest BCUT2D eigenvalue weighted by molar-refractivity contribution is 5.15. The van der Waals surface area contributed by atoms with Crippen LogP contribution in [-0.4, -0.2) is 25.0 Å². The summed E-state index contributed by atoms with van der Waals surface area (Å²) >= 11 is 0. The summed E-state index contributed by atoms with van der Waals surface area (Å²) < 4.78 is 5.31. The van der Waals surface area contributed by atoms with Gasteiger partial charge in [0.1, 0.15) is 5.76 Å². The number of hydrogen-bond donors (Lipinski definition) is 1. The molecule has 0 radical (unpaired) electrons. The van der Waals surface area contributed by atoms with Gasteiger partial charge in [-0.1, -0.05) is 30.3 Å². The lowest BCUT2D eigenvalue weighted by molar-refractivity contribution is 0.321. The molecular weight excluding hydrogens is 236 g/mol. The lowest BCUT2D eigenvalue weighted by atomic mass is 10.2. The zero-order valence-corrected chi connectivity index (χ0v) is 11.7. The molecule has 0 aliphatic heterocycles. The highest BCUT2D eigenvalue weighted by Crippen LogP contribution is 2.10. The Morgan fingerprint density at radius 1 is 1.16 bits per heavy atom. The van der Waals surface area contributed by atoms with Crippen molar-refractivity contribution in [3.05, 3.63) is 59.5 Å². The van der Waals surface area contributed by atoms with Gasteiger partial charge in [-0.2, -0.15) is 0 Å². The number of hydrogen-bond acceptors (Lipinski definition) is 3. The minimum absolute atomic E-state index is 0.930. The normalized spacial score (nSPS) is 11.1. The predicted octanol–water partition coefficient (Wildman–Crippen LogP) is 2.81. The number of aryl methyl sites for hydroxylation is 1. The first-order valence-corrected chi connectivity index (χ1v) is 6.72. The van der Waals surface area contributed by atoms with Crippen molar-refractivity contribution >= 4 is 0 Å². The summed E-state index contributed by atoms with van der Waals surface area (Å²) in [5.41, 5.74) is 2.60. The van der Waals surface area contributed by atoms with Crippen LogP contribution < -0.4 is 5.32 Å². The van der Waals surface area contributed by atoms with Gasteiger partial charge in [-0.25, -0.2) is 0 Å². The largest absolute Gasteiger partial charge is 0.469 e. The van der Waals surface area contributed by atoms with Crippen LogP contribution in [0.5, 0.6) is 0 Å². The fourth-order valence-corrected chi connectivity index (χ4v) is 2.04. The highest BCUT2D eigenvalue weighted by atomic mass is 16.3. The van der Waals surface area contributed by atoms with Crippen molar-refractivity contribution < 1.29 is 4.42 Å². The monoisotopic (exact) mass is 258 g/mol. The predicted molar refractivity (Wildman–Crippen MR) is 77.9 cm³/mol. The molecule has 1 aromatic heterocycles. The number of benzene rings is 1. The molecule has 3 nitrogen and oxygen atoms in total. The third-order valence-electron chi connectivity index (χ3n) is 3.25. The molecule has 0 fully saturated rings. The summed E-state index contributed by atoms with van der Waals surface area (Å²) in [7, 11) is 2.14. The summed E-state index contributed by atoms with van der Waals surface area (Å²) in [6, 6.07) is 12.5. The maximum atomic E-state index is 5.31. The maximum Gasteiger partial charge on any atom is 0.105 e. The van der Waals surface area contributed by atoms with Crippen LogP contribution in [0.15, 0.2) is 47.1 Å². The van der Waals surface area contributed by atoms with Gasteiger partial charge in [-0.05, 0) is 25.6 Å². The van der Waals surface area contributed by atoms with Crippen molar-refractivity contribution in [3.8, 4) is 0 Å². The fourth-order valence-electron chi connectivity index (χ4n) is 2.04. The minimum atomic E-state index is 0.930. The topological polar surface area (TPSA) is 28.4 Å². The molecule has 3 heteroatoms. The van der Waals surface area contributed by atoms with Crippen molar-refractivity contribution in [3.63, 3.8) is 0 Å². The van der Waals surface area contributed by atoms with Crippen molar-refractivity contribution in [2.45, 2.75) is 20.0 Å². The van der Waals surface area contributed by atoms with Crippen LogP contribution in [0.3, 0.4) is 0 Å². The van der Waals surface area contributed by atoms with E-state index < -0.39 is 0 Å². The molecule has 0 saturated heterocycles. The van der Waals surface area contributed by atoms with Crippen LogP contribution in [0.1, 0.15) is 16.9 Å². The second kappa shape index (κ2) is 7.12. The number of nitrogens with one attached hydrogen (secondary N) is 1. The minimum Gasteiger partial charge on any atom is -0.469 e. The molecule has 0 amide bonds. The summed E-state index contributed by atoms with van der Waals surface area (Å²) in [5, 5.41) is 3.46. The third kappa shape index (κ3) is 4.54. The van der Waals surface area contributed by atoms with Gasteiger partial charge in [-0.15, -0.1) is 0 Å². The molecule has 0 aliphatic rings. The van der Waals surface area contributed by atoms with E-state index in [1.807, 2.05) is 19.1 Å². The second-order valence-electron chi connectivity index (χ2n) is 4.90. The van der Waals surface area contributed by atoms with Crippen LogP contribution in [0.2, 0.25) is 0 Å². The van der Waals surface area contributed by atoms with Crippen LogP contribution in [-0.2, 0) is 13.1 Å². The zero-order valence-electron chi connectivity index (χ0n) is 11.7. The van der Waals surface area contributed by atoms with Crippen LogP contribution in [0, 0.1) is 6.92 Å². The SMILES string of the molecule is Cc1occc1CN(C)CCNCc1ccccc1. The summed E-state index contributed by atoms with van der Waals surface area (Å²) in [5.74, 6) is 1.02. The maximum absolute atomic E-state index is 5.31. The molecule has 0 unspecified atom stereocenters. The molecule has 0 aliphatic carbocycles. The average molecular weight is 258 g/mol. The molecule has 0 bridgehead atoms. The summed E-state index contributed by atoms with van der Waals surface area (Å²) in [6.45, 7) is 5.89. The fraction of sp³-hybridized carbons (Fsp3) is 0.375. The van der Waals surface area contributed by atoms with E-state index in [1.165, 1.54) is 11.1 Å². The van der Waals surface area contributed by atoms with E-state index >= 15 is 0 Å². The van der Waals surface area contributed by atoms with E-state index in [2.05, 4.69) is 41.5 Å². The lowest BCUT2D eigenvalue weighted by Crippen LogP contribution is -2.28. The van der Waals surface area contributed by atoms with E-state index in [0.29, 0.717) is 0 Å². The summed E-state index contributed by atoms with van der Waals surface area (Å²) in [6.07, 6.45) is 1.76. The van der Waals surface area contributed by atoms with Gasteiger partial charge in [0.2, 0.25) is 0 Å². The molecule has 0 atom stereocenters. The Kier molecular flexibility index (Phi) is 5.19. The van der Waals surface area contributed by atoms with Crippen LogP contribution >= 0.6 is 0 Å². The first-order valence-electron chi connectivity index (χ1n) is 6.72. The van der Waals surface area contributed by atoms with Crippen molar-refractivity contribution in [1.82, 2.24) is 10.2 Å². The molecule has 19 heavy (non-hydrogen) atoms. The number of nitrogens with zero attached hydrogens (tertiary/aromatic N) is 1. The van der Waals surface area contributed by atoms with Gasteiger partial charge in [0, 0.05) is 31.7 Å². The van der Waals surface area contributed by atoms with E-state index in [-0.39, 0.29) is 0 Å². The average Bonchev–Trinajstić information content (AvgIpc) is 2.82. The number of furan rings is 1. The Balaban J connectivity index is 1.64. The second-order valence-corrected chi connectivity index (χ2v) is 4.90. The molecule has 2 aromatic rings. The van der Waals surface area contributed by atoms with E-state index in [4.69, 9.17) is 4.42 Å². The van der Waals surface area contributed by atoms with Gasteiger partial charge in [0.15, 0.2) is 0 Å². The first kappa shape index (κ1) is 13.8. The first-order chi connectivity index (χ1) is 9.25. The van der Waals surface area contributed by atoms with Gasteiger partial charge >= 0.3 is 0 Å². The van der Waals surface area contributed by atoms with Gasteiger partial charge in [0.25, 0.3) is 0 Å². The third-order valence-corrected chi connectivity index (χ3v) is 3.25. The van der Waals surface area contributed by atoms with Gasteiger partial charge in [0.05, 0.1) is 6.26 Å². The molecule has 1 N–H and O–H groups in total. The number of likely N-dealkylation sites (N-methyl/N-ethyl adjacent to an activating group) is 1. The Morgan fingerprint density at radius 2 is 1.95 bits per heavy atom. The Bertz CT molecular complexity index is 479. The molecule has 0 saturated carbocycles. The Labute approximate surface area is 115 Å². The zero-order chi connectivity index (χ0) is 13.5.